The van der Waals surface area contributed by atoms with Crippen molar-refractivity contribution >= 4 is 29.7 Å². The highest BCUT2D eigenvalue weighted by Gasteiger charge is 2.31. The molecule has 0 aromatic rings. The Morgan fingerprint density at radius 3 is 2.14 bits per heavy atom. The number of nitrogens with one attached hydrogen (secondary N) is 2. The molecule has 0 rings (SSSR count). The third kappa shape index (κ3) is 9.71. The maximum atomic E-state index is 12.5. The zero-order chi connectivity index (χ0) is 21.9. The standard InChI is InChI=1S/C16H31N7O5/c1-3-8(2)12(14(26)22-10(15(27)28)7-11(18)24)23-13(25)9(17)5-4-6-21-16(19)20/h8-10,12H,3-7,17H2,1-2H3,(H2,18,24)(H,22,26)(H,23,25)(H,27,28)(H4,19,20,21)/t8-,9-,10-,12-/m0/s1. The summed E-state index contributed by atoms with van der Waals surface area (Å²) in [5.74, 6) is -3.94. The Morgan fingerprint density at radius 1 is 1.07 bits per heavy atom. The maximum absolute atomic E-state index is 12.5. The van der Waals surface area contributed by atoms with E-state index in [0.29, 0.717) is 19.4 Å². The van der Waals surface area contributed by atoms with E-state index in [9.17, 15) is 19.2 Å². The van der Waals surface area contributed by atoms with E-state index in [1.807, 2.05) is 6.92 Å². The van der Waals surface area contributed by atoms with Crippen LogP contribution in [0.3, 0.4) is 0 Å². The van der Waals surface area contributed by atoms with E-state index in [2.05, 4.69) is 15.6 Å². The van der Waals surface area contributed by atoms with Crippen molar-refractivity contribution < 1.29 is 24.3 Å². The van der Waals surface area contributed by atoms with Gasteiger partial charge in [0.25, 0.3) is 0 Å². The molecule has 0 aliphatic heterocycles. The van der Waals surface area contributed by atoms with Gasteiger partial charge in [-0.25, -0.2) is 4.79 Å². The van der Waals surface area contributed by atoms with Gasteiger partial charge in [0.15, 0.2) is 5.96 Å². The summed E-state index contributed by atoms with van der Waals surface area (Å²) in [6, 6.07) is -3.40. The van der Waals surface area contributed by atoms with E-state index in [-0.39, 0.29) is 18.3 Å². The first kappa shape index (κ1) is 25.1. The van der Waals surface area contributed by atoms with Gasteiger partial charge >= 0.3 is 5.97 Å². The summed E-state index contributed by atoms with van der Waals surface area (Å²) >= 11 is 0. The van der Waals surface area contributed by atoms with E-state index in [1.54, 1.807) is 6.92 Å². The van der Waals surface area contributed by atoms with Crippen molar-refractivity contribution in [3.8, 4) is 0 Å². The molecule has 0 fully saturated rings. The molecule has 0 saturated heterocycles. The molecule has 4 atom stereocenters. The largest absolute Gasteiger partial charge is 0.480 e. The van der Waals surface area contributed by atoms with Gasteiger partial charge in [-0.3, -0.25) is 19.4 Å². The lowest BCUT2D eigenvalue weighted by atomic mass is 9.97. The lowest BCUT2D eigenvalue weighted by molar-refractivity contribution is -0.144. The highest BCUT2D eigenvalue weighted by atomic mass is 16.4. The van der Waals surface area contributed by atoms with Crippen LogP contribution in [0.15, 0.2) is 4.99 Å². The second-order valence-electron chi connectivity index (χ2n) is 6.50. The molecule has 0 aliphatic rings. The summed E-state index contributed by atoms with van der Waals surface area (Å²) in [5, 5.41) is 13.9. The number of carboxylic acids is 1. The van der Waals surface area contributed by atoms with E-state index in [1.165, 1.54) is 0 Å². The van der Waals surface area contributed by atoms with E-state index < -0.39 is 48.2 Å². The van der Waals surface area contributed by atoms with Gasteiger partial charge < -0.3 is 38.7 Å². The number of aliphatic carboxylic acids is 1. The van der Waals surface area contributed by atoms with Gasteiger partial charge in [0.2, 0.25) is 17.7 Å². The van der Waals surface area contributed by atoms with Gasteiger partial charge in [-0.2, -0.15) is 0 Å². The van der Waals surface area contributed by atoms with Gasteiger partial charge in [0, 0.05) is 6.54 Å². The van der Waals surface area contributed by atoms with Crippen LogP contribution in [0.1, 0.15) is 39.5 Å². The quantitative estimate of drug-likeness (QED) is 0.0975. The number of carboxylic acid groups (broad SMARTS) is 1. The van der Waals surface area contributed by atoms with E-state index >= 15 is 0 Å². The molecule has 160 valence electrons. The second kappa shape index (κ2) is 12.5. The van der Waals surface area contributed by atoms with Crippen LogP contribution in [0.4, 0.5) is 0 Å². The second-order valence-corrected chi connectivity index (χ2v) is 6.50. The highest BCUT2D eigenvalue weighted by molar-refractivity contribution is 5.93. The smallest absolute Gasteiger partial charge is 0.326 e. The predicted molar refractivity (Wildman–Crippen MR) is 103 cm³/mol. The summed E-state index contributed by atoms with van der Waals surface area (Å²) in [6.45, 7) is 3.84. The molecule has 3 amide bonds. The lowest BCUT2D eigenvalue weighted by Crippen LogP contribution is -2.57. The van der Waals surface area contributed by atoms with Gasteiger partial charge in [-0.1, -0.05) is 20.3 Å². The summed E-state index contributed by atoms with van der Waals surface area (Å²) in [4.78, 5) is 50.8. The third-order valence-corrected chi connectivity index (χ3v) is 4.12. The van der Waals surface area contributed by atoms with Crippen LogP contribution in [0.2, 0.25) is 0 Å². The maximum Gasteiger partial charge on any atom is 0.326 e. The van der Waals surface area contributed by atoms with Gasteiger partial charge in [0.1, 0.15) is 12.1 Å². The van der Waals surface area contributed by atoms with Crippen LogP contribution in [-0.2, 0) is 19.2 Å². The number of carbonyl (C=O) groups excluding carboxylic acids is 3. The Balaban J connectivity index is 4.98. The number of hydrogen-bond acceptors (Lipinski definition) is 6. The average Bonchev–Trinajstić information content (AvgIpc) is 2.60. The number of nitrogens with two attached hydrogens (primary N) is 4. The molecule has 0 bridgehead atoms. The van der Waals surface area contributed by atoms with Gasteiger partial charge in [0.05, 0.1) is 12.5 Å². The fraction of sp³-hybridized carbons (Fsp3) is 0.688. The molecule has 0 saturated carbocycles. The molecule has 0 aromatic heterocycles. The zero-order valence-corrected chi connectivity index (χ0v) is 16.2. The number of carbonyl (C=O) groups is 4. The molecule has 0 aliphatic carbocycles. The average molecular weight is 401 g/mol. The van der Waals surface area contributed by atoms with Crippen LogP contribution in [0, 0.1) is 5.92 Å². The molecule has 0 radical (unpaired) electrons. The van der Waals surface area contributed by atoms with E-state index in [0.717, 1.165) is 0 Å². The Labute approximate surface area is 163 Å². The monoisotopic (exact) mass is 401 g/mol. The molecule has 0 spiro atoms. The fourth-order valence-corrected chi connectivity index (χ4v) is 2.28. The Bertz CT molecular complexity index is 592. The highest BCUT2D eigenvalue weighted by Crippen LogP contribution is 2.10. The SMILES string of the molecule is CC[C@H](C)[C@H](NC(=O)[C@@H](N)CCCN=C(N)N)C(=O)N[C@@H](CC(N)=O)C(=O)O. The topological polar surface area (TPSA) is 229 Å². The Kier molecular flexibility index (Phi) is 11.2. The first-order valence-corrected chi connectivity index (χ1v) is 8.92. The molecule has 0 heterocycles. The normalized spacial score (nSPS) is 14.8. The van der Waals surface area contributed by atoms with Crippen molar-refractivity contribution in [2.24, 2.45) is 33.8 Å². The molecular formula is C16H31N7O5. The summed E-state index contributed by atoms with van der Waals surface area (Å²) in [5.41, 5.74) is 21.3. The molecule has 12 heteroatoms. The molecule has 11 N–H and O–H groups in total. The molecule has 0 aromatic carbocycles. The zero-order valence-electron chi connectivity index (χ0n) is 16.2. The van der Waals surface area contributed by atoms with Crippen LogP contribution in [0.5, 0.6) is 0 Å². The van der Waals surface area contributed by atoms with Crippen molar-refractivity contribution in [1.82, 2.24) is 10.6 Å². The molecule has 12 nitrogen and oxygen atoms in total. The van der Waals surface area contributed by atoms with Crippen molar-refractivity contribution in [3.63, 3.8) is 0 Å². The Morgan fingerprint density at radius 2 is 1.68 bits per heavy atom. The minimum Gasteiger partial charge on any atom is -0.480 e. The van der Waals surface area contributed by atoms with E-state index in [4.69, 9.17) is 28.0 Å². The number of rotatable bonds is 13. The lowest BCUT2D eigenvalue weighted by Gasteiger charge is -2.26. The number of hydrogen-bond donors (Lipinski definition) is 7. The molecular weight excluding hydrogens is 370 g/mol. The Hall–Kier alpha value is -2.89. The predicted octanol–water partition coefficient (Wildman–Crippen LogP) is -2.66. The van der Waals surface area contributed by atoms with Crippen molar-refractivity contribution in [3.05, 3.63) is 0 Å². The minimum absolute atomic E-state index is 0.0597. The summed E-state index contributed by atoms with van der Waals surface area (Å²) < 4.78 is 0. The van der Waals surface area contributed by atoms with Crippen LogP contribution in [0.25, 0.3) is 0 Å². The van der Waals surface area contributed by atoms with Gasteiger partial charge in [-0.05, 0) is 18.8 Å². The number of aliphatic imine (C=N–C) groups is 1. The molecule has 28 heavy (non-hydrogen) atoms. The first-order valence-electron chi connectivity index (χ1n) is 8.92. The van der Waals surface area contributed by atoms with Crippen molar-refractivity contribution in [1.29, 1.82) is 0 Å². The van der Waals surface area contributed by atoms with Crippen LogP contribution < -0.4 is 33.6 Å². The molecule has 0 unspecified atom stereocenters. The number of nitrogens with zero attached hydrogens (tertiary/aromatic N) is 1. The fourth-order valence-electron chi connectivity index (χ4n) is 2.28. The number of amides is 3. The number of primary amides is 1. The van der Waals surface area contributed by atoms with Crippen molar-refractivity contribution in [2.45, 2.75) is 57.7 Å². The third-order valence-electron chi connectivity index (χ3n) is 4.12. The summed E-state index contributed by atoms with van der Waals surface area (Å²) in [7, 11) is 0. The van der Waals surface area contributed by atoms with Crippen LogP contribution in [-0.4, -0.2) is 59.4 Å². The van der Waals surface area contributed by atoms with Gasteiger partial charge in [-0.15, -0.1) is 0 Å². The first-order chi connectivity index (χ1) is 13.0. The van der Waals surface area contributed by atoms with Crippen molar-refractivity contribution in [2.75, 3.05) is 6.54 Å². The summed E-state index contributed by atoms with van der Waals surface area (Å²) in [6.07, 6.45) is 0.724. The number of guanidine groups is 1. The van der Waals surface area contributed by atoms with Crippen LogP contribution >= 0.6 is 0 Å². The minimum atomic E-state index is -1.48.